The molecule has 0 saturated carbocycles. The molecule has 4 heteroatoms. The number of hydrogen-bond donors (Lipinski definition) is 1. The van der Waals surface area contributed by atoms with Crippen LogP contribution in [0.3, 0.4) is 0 Å². The SMILES string of the molecule is CN1C[C@@H](Oc2cccc3ccccc23)C[C@H]1C(=O)NC(C)(C)C. The molecule has 1 aliphatic heterocycles. The third-order valence-corrected chi connectivity index (χ3v) is 4.35. The Morgan fingerprint density at radius 2 is 1.88 bits per heavy atom. The Bertz CT molecular complexity index is 730. The molecular weight excluding hydrogens is 300 g/mol. The number of nitrogens with one attached hydrogen (secondary N) is 1. The molecule has 0 bridgehead atoms. The van der Waals surface area contributed by atoms with E-state index in [4.69, 9.17) is 4.74 Å². The molecule has 2 atom stereocenters. The second-order valence-electron chi connectivity index (χ2n) is 7.65. The van der Waals surface area contributed by atoms with Gasteiger partial charge in [0, 0.05) is 23.9 Å². The molecule has 1 fully saturated rings. The maximum Gasteiger partial charge on any atom is 0.237 e. The summed E-state index contributed by atoms with van der Waals surface area (Å²) in [5.74, 6) is 0.970. The lowest BCUT2D eigenvalue weighted by atomic mass is 10.1. The zero-order chi connectivity index (χ0) is 17.3. The third-order valence-electron chi connectivity index (χ3n) is 4.35. The molecule has 128 valence electrons. The van der Waals surface area contributed by atoms with Gasteiger partial charge in [0.2, 0.25) is 5.91 Å². The highest BCUT2D eigenvalue weighted by Crippen LogP contribution is 2.29. The number of nitrogens with zero attached hydrogens (tertiary/aromatic N) is 1. The molecule has 3 rings (SSSR count). The summed E-state index contributed by atoms with van der Waals surface area (Å²) >= 11 is 0. The van der Waals surface area contributed by atoms with E-state index >= 15 is 0 Å². The molecule has 1 saturated heterocycles. The molecule has 1 heterocycles. The molecule has 0 spiro atoms. The number of rotatable bonds is 3. The van der Waals surface area contributed by atoms with Crippen LogP contribution in [0.25, 0.3) is 10.8 Å². The molecule has 1 N–H and O–H groups in total. The van der Waals surface area contributed by atoms with Crippen LogP contribution in [0, 0.1) is 0 Å². The van der Waals surface area contributed by atoms with Crippen molar-refractivity contribution in [1.82, 2.24) is 10.2 Å². The Kier molecular flexibility index (Phi) is 4.50. The molecule has 4 nitrogen and oxygen atoms in total. The van der Waals surface area contributed by atoms with E-state index in [-0.39, 0.29) is 23.6 Å². The lowest BCUT2D eigenvalue weighted by Crippen LogP contribution is -2.49. The van der Waals surface area contributed by atoms with Crippen molar-refractivity contribution in [2.45, 2.75) is 44.9 Å². The monoisotopic (exact) mass is 326 g/mol. The fourth-order valence-corrected chi connectivity index (χ4v) is 3.28. The lowest BCUT2D eigenvalue weighted by molar-refractivity contribution is -0.126. The average Bonchev–Trinajstić information content (AvgIpc) is 2.87. The first-order valence-corrected chi connectivity index (χ1v) is 8.50. The van der Waals surface area contributed by atoms with E-state index in [0.29, 0.717) is 6.42 Å². The predicted molar refractivity (Wildman–Crippen MR) is 97.3 cm³/mol. The molecule has 1 aliphatic rings. The van der Waals surface area contributed by atoms with Gasteiger partial charge in [0.1, 0.15) is 11.9 Å². The largest absolute Gasteiger partial charge is 0.488 e. The maximum atomic E-state index is 12.5. The Hall–Kier alpha value is -2.07. The fraction of sp³-hybridized carbons (Fsp3) is 0.450. The standard InChI is InChI=1S/C20H26N2O2/c1-20(2,3)21-19(23)17-12-15(13-22(17)4)24-18-11-7-9-14-8-5-6-10-16(14)18/h5-11,15,17H,12-13H2,1-4H3,(H,21,23)/t15-,17-/m0/s1. The van der Waals surface area contributed by atoms with Crippen LogP contribution >= 0.6 is 0 Å². The maximum absolute atomic E-state index is 12.5. The highest BCUT2D eigenvalue weighted by Gasteiger charge is 2.36. The normalized spacial score (nSPS) is 21.8. The molecule has 0 aliphatic carbocycles. The van der Waals surface area contributed by atoms with Crippen LogP contribution in [-0.4, -0.2) is 42.1 Å². The number of carbonyl (C=O) groups excluding carboxylic acids is 1. The Balaban J connectivity index is 1.72. The summed E-state index contributed by atoms with van der Waals surface area (Å²) in [7, 11) is 1.99. The van der Waals surface area contributed by atoms with Gasteiger partial charge < -0.3 is 10.1 Å². The number of ether oxygens (including phenoxy) is 1. The van der Waals surface area contributed by atoms with Crippen LogP contribution in [0.2, 0.25) is 0 Å². The summed E-state index contributed by atoms with van der Waals surface area (Å²) in [5, 5.41) is 5.36. The fourth-order valence-electron chi connectivity index (χ4n) is 3.28. The minimum Gasteiger partial charge on any atom is -0.488 e. The molecule has 2 aromatic carbocycles. The van der Waals surface area contributed by atoms with Crippen LogP contribution < -0.4 is 10.1 Å². The van der Waals surface area contributed by atoms with Gasteiger partial charge in [0.25, 0.3) is 0 Å². The summed E-state index contributed by atoms with van der Waals surface area (Å²) in [5.41, 5.74) is -0.216. The van der Waals surface area contributed by atoms with Gasteiger partial charge in [0.15, 0.2) is 0 Å². The van der Waals surface area contributed by atoms with Gasteiger partial charge in [-0.2, -0.15) is 0 Å². The van der Waals surface area contributed by atoms with Gasteiger partial charge in [-0.1, -0.05) is 36.4 Å². The summed E-state index contributed by atoms with van der Waals surface area (Å²) in [6.07, 6.45) is 0.735. The summed E-state index contributed by atoms with van der Waals surface area (Å²) in [6.45, 7) is 6.77. The van der Waals surface area contributed by atoms with E-state index < -0.39 is 0 Å². The second-order valence-corrected chi connectivity index (χ2v) is 7.65. The van der Waals surface area contributed by atoms with Crippen molar-refractivity contribution in [3.63, 3.8) is 0 Å². The lowest BCUT2D eigenvalue weighted by Gasteiger charge is -2.25. The summed E-state index contributed by atoms with van der Waals surface area (Å²) < 4.78 is 6.25. The highest BCUT2D eigenvalue weighted by molar-refractivity contribution is 5.88. The summed E-state index contributed by atoms with van der Waals surface area (Å²) in [6, 6.07) is 14.2. The molecule has 0 aromatic heterocycles. The zero-order valence-electron chi connectivity index (χ0n) is 14.9. The first kappa shape index (κ1) is 16.8. The second kappa shape index (κ2) is 6.44. The molecular formula is C20H26N2O2. The highest BCUT2D eigenvalue weighted by atomic mass is 16.5. The van der Waals surface area contributed by atoms with Crippen molar-refractivity contribution in [3.05, 3.63) is 42.5 Å². The zero-order valence-corrected chi connectivity index (χ0v) is 14.9. The summed E-state index contributed by atoms with van der Waals surface area (Å²) in [4.78, 5) is 14.6. The number of likely N-dealkylation sites (N-methyl/N-ethyl adjacent to an activating group) is 1. The minimum absolute atomic E-state index is 0.0246. The minimum atomic E-state index is -0.216. The molecule has 1 amide bonds. The van der Waals surface area contributed by atoms with Crippen molar-refractivity contribution < 1.29 is 9.53 Å². The van der Waals surface area contributed by atoms with E-state index in [1.807, 2.05) is 52.1 Å². The molecule has 0 radical (unpaired) electrons. The Morgan fingerprint density at radius 1 is 1.17 bits per heavy atom. The van der Waals surface area contributed by atoms with E-state index in [0.717, 1.165) is 17.7 Å². The number of hydrogen-bond acceptors (Lipinski definition) is 3. The average molecular weight is 326 g/mol. The predicted octanol–water partition coefficient (Wildman–Crippen LogP) is 3.21. The van der Waals surface area contributed by atoms with Crippen LogP contribution in [0.1, 0.15) is 27.2 Å². The number of amides is 1. The van der Waals surface area contributed by atoms with Gasteiger partial charge in [-0.3, -0.25) is 9.69 Å². The first-order valence-electron chi connectivity index (χ1n) is 8.50. The number of carbonyl (C=O) groups is 1. The van der Waals surface area contributed by atoms with Crippen molar-refractivity contribution >= 4 is 16.7 Å². The Labute approximate surface area is 143 Å². The van der Waals surface area contributed by atoms with E-state index in [9.17, 15) is 4.79 Å². The topological polar surface area (TPSA) is 41.6 Å². The smallest absolute Gasteiger partial charge is 0.237 e. The Morgan fingerprint density at radius 3 is 2.62 bits per heavy atom. The van der Waals surface area contributed by atoms with E-state index in [1.54, 1.807) is 0 Å². The van der Waals surface area contributed by atoms with Crippen LogP contribution in [0.5, 0.6) is 5.75 Å². The van der Waals surface area contributed by atoms with Crippen molar-refractivity contribution in [2.75, 3.05) is 13.6 Å². The van der Waals surface area contributed by atoms with Gasteiger partial charge >= 0.3 is 0 Å². The number of likely N-dealkylation sites (tertiary alicyclic amines) is 1. The van der Waals surface area contributed by atoms with Crippen LogP contribution in [0.4, 0.5) is 0 Å². The molecule has 0 unspecified atom stereocenters. The first-order chi connectivity index (χ1) is 11.3. The molecule has 24 heavy (non-hydrogen) atoms. The van der Waals surface area contributed by atoms with Crippen molar-refractivity contribution in [2.24, 2.45) is 0 Å². The van der Waals surface area contributed by atoms with Crippen molar-refractivity contribution in [3.8, 4) is 5.75 Å². The third kappa shape index (κ3) is 3.70. The quantitative estimate of drug-likeness (QED) is 0.942. The number of benzene rings is 2. The van der Waals surface area contributed by atoms with E-state index in [1.165, 1.54) is 5.39 Å². The number of fused-ring (bicyclic) bond motifs is 1. The van der Waals surface area contributed by atoms with Crippen molar-refractivity contribution in [1.29, 1.82) is 0 Å². The van der Waals surface area contributed by atoms with Gasteiger partial charge in [-0.15, -0.1) is 0 Å². The van der Waals surface area contributed by atoms with Gasteiger partial charge in [0.05, 0.1) is 6.04 Å². The van der Waals surface area contributed by atoms with Crippen LogP contribution in [0.15, 0.2) is 42.5 Å². The van der Waals surface area contributed by atoms with E-state index in [2.05, 4.69) is 28.4 Å². The van der Waals surface area contributed by atoms with Gasteiger partial charge in [-0.25, -0.2) is 0 Å². The van der Waals surface area contributed by atoms with Gasteiger partial charge in [-0.05, 0) is 39.3 Å². The van der Waals surface area contributed by atoms with Crippen LogP contribution in [-0.2, 0) is 4.79 Å². The molecule has 2 aromatic rings.